The summed E-state index contributed by atoms with van der Waals surface area (Å²) in [5.74, 6) is -1.33. The molecule has 1 aromatic carbocycles. The molecule has 1 heterocycles. The van der Waals surface area contributed by atoms with Crippen LogP contribution >= 0.6 is 0 Å². The molecule has 2 atom stereocenters. The zero-order chi connectivity index (χ0) is 18.9. The fourth-order valence-corrected chi connectivity index (χ4v) is 3.70. The SMILES string of the molecule is C[C@H]1CCCC[C@@]12NC(=O)N(CC(=O)Nc1ccc(C(N)=O)cc1)C2=O. The van der Waals surface area contributed by atoms with Crippen LogP contribution in [0.2, 0.25) is 0 Å². The van der Waals surface area contributed by atoms with Gasteiger partial charge in [-0.3, -0.25) is 19.3 Å². The highest BCUT2D eigenvalue weighted by Crippen LogP contribution is 2.38. The van der Waals surface area contributed by atoms with Crippen molar-refractivity contribution in [3.05, 3.63) is 29.8 Å². The second-order valence-electron chi connectivity index (χ2n) is 6.93. The summed E-state index contributed by atoms with van der Waals surface area (Å²) in [6, 6.07) is 5.53. The van der Waals surface area contributed by atoms with E-state index in [0.29, 0.717) is 17.7 Å². The standard InChI is InChI=1S/C18H22N4O4/c1-11-4-2-3-9-18(11)16(25)22(17(26)21-18)10-14(23)20-13-7-5-12(6-8-13)15(19)24/h5-8,11H,2-4,9-10H2,1H3,(H2,19,24)(H,20,23)(H,21,26)/t11-,18+/m0/s1. The molecule has 138 valence electrons. The first-order valence-electron chi connectivity index (χ1n) is 8.67. The molecule has 1 spiro atoms. The predicted octanol–water partition coefficient (Wildman–Crippen LogP) is 1.22. The zero-order valence-electron chi connectivity index (χ0n) is 14.6. The monoisotopic (exact) mass is 358 g/mol. The van der Waals surface area contributed by atoms with Gasteiger partial charge in [0.05, 0.1) is 0 Å². The molecule has 1 aromatic rings. The first-order chi connectivity index (χ1) is 12.3. The summed E-state index contributed by atoms with van der Waals surface area (Å²) in [5.41, 5.74) is 5.07. The van der Waals surface area contributed by atoms with Crippen molar-refractivity contribution >= 4 is 29.4 Å². The minimum atomic E-state index is -0.876. The largest absolute Gasteiger partial charge is 0.366 e. The second kappa shape index (κ2) is 6.78. The van der Waals surface area contributed by atoms with Crippen molar-refractivity contribution in [1.82, 2.24) is 10.2 Å². The Labute approximate surface area is 151 Å². The summed E-state index contributed by atoms with van der Waals surface area (Å²) in [6.07, 6.45) is 3.39. The Balaban J connectivity index is 1.66. The van der Waals surface area contributed by atoms with Crippen LogP contribution in [0.25, 0.3) is 0 Å². The number of rotatable bonds is 4. The molecule has 1 aliphatic heterocycles. The Morgan fingerprint density at radius 1 is 1.27 bits per heavy atom. The average molecular weight is 358 g/mol. The number of nitrogens with zero attached hydrogens (tertiary/aromatic N) is 1. The first-order valence-corrected chi connectivity index (χ1v) is 8.67. The van der Waals surface area contributed by atoms with Gasteiger partial charge in [-0.1, -0.05) is 19.8 Å². The van der Waals surface area contributed by atoms with Gasteiger partial charge in [-0.25, -0.2) is 4.79 Å². The number of nitrogens with two attached hydrogens (primary N) is 1. The number of hydrogen-bond donors (Lipinski definition) is 3. The topological polar surface area (TPSA) is 122 Å². The molecule has 4 N–H and O–H groups in total. The summed E-state index contributed by atoms with van der Waals surface area (Å²) < 4.78 is 0. The normalized spacial score (nSPS) is 25.3. The summed E-state index contributed by atoms with van der Waals surface area (Å²) in [5, 5.41) is 5.43. The van der Waals surface area contributed by atoms with Gasteiger partial charge in [-0.05, 0) is 43.0 Å². The number of urea groups is 1. The quantitative estimate of drug-likeness (QED) is 0.701. The van der Waals surface area contributed by atoms with Gasteiger partial charge >= 0.3 is 6.03 Å². The van der Waals surface area contributed by atoms with Crippen LogP contribution in [0.15, 0.2) is 24.3 Å². The minimum absolute atomic E-state index is 0.0436. The Bertz CT molecular complexity index is 761. The molecule has 1 aliphatic carbocycles. The van der Waals surface area contributed by atoms with Gasteiger partial charge in [0.25, 0.3) is 5.91 Å². The number of imide groups is 1. The van der Waals surface area contributed by atoms with E-state index in [2.05, 4.69) is 10.6 Å². The van der Waals surface area contributed by atoms with Gasteiger partial charge in [0.2, 0.25) is 11.8 Å². The number of benzene rings is 1. The van der Waals surface area contributed by atoms with E-state index in [-0.39, 0.29) is 18.4 Å². The average Bonchev–Trinajstić information content (AvgIpc) is 2.83. The van der Waals surface area contributed by atoms with Crippen LogP contribution in [0.5, 0.6) is 0 Å². The van der Waals surface area contributed by atoms with Gasteiger partial charge in [0.15, 0.2) is 0 Å². The fraction of sp³-hybridized carbons (Fsp3) is 0.444. The molecule has 5 amide bonds. The van der Waals surface area contributed by atoms with Crippen molar-refractivity contribution in [1.29, 1.82) is 0 Å². The molecule has 0 radical (unpaired) electrons. The molecule has 2 aliphatic rings. The number of anilines is 1. The minimum Gasteiger partial charge on any atom is -0.366 e. The molecule has 1 saturated heterocycles. The van der Waals surface area contributed by atoms with Crippen LogP contribution in [0.3, 0.4) is 0 Å². The number of amides is 5. The smallest absolute Gasteiger partial charge is 0.325 e. The first kappa shape index (κ1) is 17.9. The highest BCUT2D eigenvalue weighted by Gasteiger charge is 2.55. The predicted molar refractivity (Wildman–Crippen MR) is 94.2 cm³/mol. The van der Waals surface area contributed by atoms with Gasteiger partial charge in [0, 0.05) is 11.3 Å². The number of nitrogens with one attached hydrogen (secondary N) is 2. The lowest BCUT2D eigenvalue weighted by molar-refractivity contribution is -0.136. The van der Waals surface area contributed by atoms with E-state index < -0.39 is 23.4 Å². The number of hydrogen-bond acceptors (Lipinski definition) is 4. The Kier molecular flexibility index (Phi) is 4.67. The number of carbonyl (C=O) groups is 4. The van der Waals surface area contributed by atoms with Crippen LogP contribution in [0.1, 0.15) is 43.0 Å². The maximum absolute atomic E-state index is 12.8. The van der Waals surface area contributed by atoms with Crippen LogP contribution in [0, 0.1) is 5.92 Å². The maximum atomic E-state index is 12.8. The van der Waals surface area contributed by atoms with Crippen molar-refractivity contribution in [2.24, 2.45) is 11.7 Å². The second-order valence-corrected chi connectivity index (χ2v) is 6.93. The lowest BCUT2D eigenvalue weighted by atomic mass is 9.73. The molecule has 8 nitrogen and oxygen atoms in total. The van der Waals surface area contributed by atoms with E-state index in [1.165, 1.54) is 24.3 Å². The number of primary amides is 1. The van der Waals surface area contributed by atoms with Crippen molar-refractivity contribution in [2.75, 3.05) is 11.9 Å². The van der Waals surface area contributed by atoms with E-state index in [1.807, 2.05) is 6.92 Å². The highest BCUT2D eigenvalue weighted by molar-refractivity contribution is 6.10. The van der Waals surface area contributed by atoms with E-state index in [9.17, 15) is 19.2 Å². The van der Waals surface area contributed by atoms with Gasteiger partial charge < -0.3 is 16.4 Å². The van der Waals surface area contributed by atoms with Crippen LogP contribution < -0.4 is 16.4 Å². The molecule has 0 aromatic heterocycles. The van der Waals surface area contributed by atoms with Crippen molar-refractivity contribution in [2.45, 2.75) is 38.1 Å². The van der Waals surface area contributed by atoms with E-state index in [4.69, 9.17) is 5.73 Å². The Hall–Kier alpha value is -2.90. The van der Waals surface area contributed by atoms with E-state index in [0.717, 1.165) is 24.2 Å². The summed E-state index contributed by atoms with van der Waals surface area (Å²) in [4.78, 5) is 49.4. The lowest BCUT2D eigenvalue weighted by Gasteiger charge is -2.36. The molecular weight excluding hydrogens is 336 g/mol. The summed E-state index contributed by atoms with van der Waals surface area (Å²) in [6.45, 7) is 1.61. The van der Waals surface area contributed by atoms with Gasteiger partial charge in [-0.2, -0.15) is 0 Å². The molecule has 0 bridgehead atoms. The molecule has 2 fully saturated rings. The maximum Gasteiger partial charge on any atom is 0.325 e. The third-order valence-corrected chi connectivity index (χ3v) is 5.26. The molecule has 0 unspecified atom stereocenters. The Morgan fingerprint density at radius 3 is 2.58 bits per heavy atom. The highest BCUT2D eigenvalue weighted by atomic mass is 16.2. The molecular formula is C18H22N4O4. The van der Waals surface area contributed by atoms with E-state index >= 15 is 0 Å². The number of carbonyl (C=O) groups excluding carboxylic acids is 4. The zero-order valence-corrected chi connectivity index (χ0v) is 14.6. The van der Waals surface area contributed by atoms with Crippen LogP contribution in [0.4, 0.5) is 10.5 Å². The fourth-order valence-electron chi connectivity index (χ4n) is 3.70. The molecule has 26 heavy (non-hydrogen) atoms. The van der Waals surface area contributed by atoms with Crippen LogP contribution in [-0.4, -0.2) is 40.7 Å². The van der Waals surface area contributed by atoms with Crippen LogP contribution in [-0.2, 0) is 9.59 Å². The van der Waals surface area contributed by atoms with Crippen molar-refractivity contribution in [3.8, 4) is 0 Å². The molecule has 8 heteroatoms. The summed E-state index contributed by atoms with van der Waals surface area (Å²) in [7, 11) is 0. The third kappa shape index (κ3) is 3.14. The molecule has 3 rings (SSSR count). The van der Waals surface area contributed by atoms with Crippen molar-refractivity contribution < 1.29 is 19.2 Å². The van der Waals surface area contributed by atoms with Gasteiger partial charge in [0.1, 0.15) is 12.1 Å². The van der Waals surface area contributed by atoms with E-state index in [1.54, 1.807) is 0 Å². The van der Waals surface area contributed by atoms with Gasteiger partial charge in [-0.15, -0.1) is 0 Å². The lowest BCUT2D eigenvalue weighted by Crippen LogP contribution is -2.54. The van der Waals surface area contributed by atoms with Crippen molar-refractivity contribution in [3.63, 3.8) is 0 Å². The molecule has 1 saturated carbocycles. The third-order valence-electron chi connectivity index (χ3n) is 5.26. The summed E-state index contributed by atoms with van der Waals surface area (Å²) >= 11 is 0. The Morgan fingerprint density at radius 2 is 1.96 bits per heavy atom.